The molecule has 0 aromatic carbocycles. The number of carbonyl (C=O) groups excluding carboxylic acids is 2. The van der Waals surface area contributed by atoms with Crippen LogP contribution in [0.2, 0.25) is 0 Å². The molecule has 1 saturated carbocycles. The minimum Gasteiger partial charge on any atom is -0.465 e. The van der Waals surface area contributed by atoms with Gasteiger partial charge in [-0.05, 0) is 12.8 Å². The lowest BCUT2D eigenvalue weighted by atomic mass is 9.95. The zero-order valence-electron chi connectivity index (χ0n) is 7.84. The summed E-state index contributed by atoms with van der Waals surface area (Å²) in [4.78, 5) is 23.0. The number of hydrogen-bond donors (Lipinski definition) is 0. The molecule has 0 unspecified atom stereocenters. The van der Waals surface area contributed by atoms with Crippen LogP contribution in [-0.4, -0.2) is 18.4 Å². The van der Waals surface area contributed by atoms with Crippen LogP contribution >= 0.6 is 0 Å². The molecule has 72 valence electrons. The van der Waals surface area contributed by atoms with Gasteiger partial charge in [-0.25, -0.2) is 0 Å². The van der Waals surface area contributed by atoms with E-state index in [4.69, 9.17) is 4.74 Å². The van der Waals surface area contributed by atoms with Crippen LogP contribution in [-0.2, 0) is 14.3 Å². The third-order valence-electron chi connectivity index (χ3n) is 3.14. The van der Waals surface area contributed by atoms with Crippen LogP contribution < -0.4 is 0 Å². The van der Waals surface area contributed by atoms with E-state index in [1.54, 1.807) is 0 Å². The van der Waals surface area contributed by atoms with Gasteiger partial charge in [0.1, 0.15) is 5.41 Å². The molecular weight excluding hydrogens is 168 g/mol. The number of ketones is 1. The maximum atomic E-state index is 11.7. The number of carbonyl (C=O) groups is 2. The van der Waals surface area contributed by atoms with Crippen molar-refractivity contribution >= 4 is 11.8 Å². The molecule has 3 nitrogen and oxygen atoms in total. The Hall–Kier alpha value is -0.860. The lowest BCUT2D eigenvalue weighted by Gasteiger charge is -2.06. The molecular formula is C10H14O3. The lowest BCUT2D eigenvalue weighted by molar-refractivity contribution is -0.148. The molecule has 1 aliphatic heterocycles. The molecule has 3 heteroatoms. The van der Waals surface area contributed by atoms with Gasteiger partial charge < -0.3 is 4.74 Å². The van der Waals surface area contributed by atoms with Gasteiger partial charge in [0.15, 0.2) is 5.78 Å². The van der Waals surface area contributed by atoms with Crippen LogP contribution in [0.3, 0.4) is 0 Å². The second kappa shape index (κ2) is 2.82. The number of ether oxygens (including phenoxy) is 1. The van der Waals surface area contributed by atoms with Gasteiger partial charge in [0.05, 0.1) is 6.61 Å². The van der Waals surface area contributed by atoms with E-state index in [1.807, 2.05) is 6.92 Å². The zero-order valence-corrected chi connectivity index (χ0v) is 7.84. The Morgan fingerprint density at radius 2 is 2.46 bits per heavy atom. The first kappa shape index (κ1) is 8.73. The minimum atomic E-state index is -0.671. The van der Waals surface area contributed by atoms with Gasteiger partial charge in [-0.15, -0.1) is 0 Å². The van der Waals surface area contributed by atoms with Gasteiger partial charge in [-0.3, -0.25) is 9.59 Å². The monoisotopic (exact) mass is 182 g/mol. The summed E-state index contributed by atoms with van der Waals surface area (Å²) in [6.45, 7) is 2.51. The Kier molecular flexibility index (Phi) is 1.90. The fourth-order valence-electron chi connectivity index (χ4n) is 2.10. The molecule has 2 aliphatic rings. The van der Waals surface area contributed by atoms with Gasteiger partial charge in [0.25, 0.3) is 0 Å². The van der Waals surface area contributed by atoms with Crippen molar-refractivity contribution in [2.75, 3.05) is 6.61 Å². The molecule has 2 rings (SSSR count). The first-order valence-electron chi connectivity index (χ1n) is 4.92. The number of Topliss-reactive ketones (excluding diaryl/α,β-unsaturated/α-hetero) is 1. The Labute approximate surface area is 77.4 Å². The fourth-order valence-corrected chi connectivity index (χ4v) is 2.10. The minimum absolute atomic E-state index is 0.113. The zero-order chi connectivity index (χ0) is 9.47. The first-order valence-corrected chi connectivity index (χ1v) is 4.92. The van der Waals surface area contributed by atoms with Crippen molar-refractivity contribution in [2.24, 2.45) is 11.3 Å². The highest BCUT2D eigenvalue weighted by molar-refractivity contribution is 6.08. The largest absolute Gasteiger partial charge is 0.465 e. The topological polar surface area (TPSA) is 43.4 Å². The van der Waals surface area contributed by atoms with E-state index >= 15 is 0 Å². The SMILES string of the molecule is CCCCC(=O)[C@]12C[C@H]1COC2=O. The highest BCUT2D eigenvalue weighted by Gasteiger charge is 2.69. The quantitative estimate of drug-likeness (QED) is 0.486. The van der Waals surface area contributed by atoms with Gasteiger partial charge >= 0.3 is 5.97 Å². The van der Waals surface area contributed by atoms with Crippen molar-refractivity contribution in [3.05, 3.63) is 0 Å². The Balaban J connectivity index is 2.01. The van der Waals surface area contributed by atoms with Gasteiger partial charge in [0.2, 0.25) is 0 Å². The fraction of sp³-hybridized carbons (Fsp3) is 0.800. The molecule has 0 aromatic rings. The van der Waals surface area contributed by atoms with E-state index in [0.29, 0.717) is 13.0 Å². The number of fused-ring (bicyclic) bond motifs is 1. The van der Waals surface area contributed by atoms with E-state index in [1.165, 1.54) is 0 Å². The van der Waals surface area contributed by atoms with Crippen LogP contribution in [0.4, 0.5) is 0 Å². The molecule has 0 amide bonds. The van der Waals surface area contributed by atoms with Crippen molar-refractivity contribution in [3.8, 4) is 0 Å². The second-order valence-corrected chi connectivity index (χ2v) is 4.00. The van der Waals surface area contributed by atoms with Crippen molar-refractivity contribution in [3.63, 3.8) is 0 Å². The number of esters is 1. The number of cyclic esters (lactones) is 1. The van der Waals surface area contributed by atoms with E-state index in [0.717, 1.165) is 19.3 Å². The van der Waals surface area contributed by atoms with Crippen LogP contribution in [0.5, 0.6) is 0 Å². The summed E-state index contributed by atoms with van der Waals surface area (Å²) in [7, 11) is 0. The van der Waals surface area contributed by atoms with Gasteiger partial charge in [-0.2, -0.15) is 0 Å². The molecule has 0 radical (unpaired) electrons. The summed E-state index contributed by atoms with van der Waals surface area (Å²) < 4.78 is 4.86. The third kappa shape index (κ3) is 1.10. The maximum absolute atomic E-state index is 11.7. The molecule has 1 aliphatic carbocycles. The summed E-state index contributed by atoms with van der Waals surface area (Å²) in [6, 6.07) is 0. The molecule has 2 fully saturated rings. The average molecular weight is 182 g/mol. The number of rotatable bonds is 4. The summed E-state index contributed by atoms with van der Waals surface area (Å²) in [5.74, 6) is 0.0600. The molecule has 0 bridgehead atoms. The highest BCUT2D eigenvalue weighted by Crippen LogP contribution is 2.58. The van der Waals surface area contributed by atoms with Gasteiger partial charge in [0, 0.05) is 12.3 Å². The average Bonchev–Trinajstić information content (AvgIpc) is 2.79. The molecule has 0 spiro atoms. The number of hydrogen-bond acceptors (Lipinski definition) is 3. The van der Waals surface area contributed by atoms with Crippen molar-refractivity contribution in [1.29, 1.82) is 0 Å². The lowest BCUT2D eigenvalue weighted by Crippen LogP contribution is -2.24. The standard InChI is InChI=1S/C10H14O3/c1-2-3-4-8(11)10-5-7(10)6-13-9(10)12/h7H,2-6H2,1H3/t7-,10-/m0/s1. The van der Waals surface area contributed by atoms with Crippen LogP contribution in [0.15, 0.2) is 0 Å². The smallest absolute Gasteiger partial charge is 0.320 e. The molecule has 0 aromatic heterocycles. The maximum Gasteiger partial charge on any atom is 0.320 e. The van der Waals surface area contributed by atoms with Crippen LogP contribution in [0.25, 0.3) is 0 Å². The summed E-state index contributed by atoms with van der Waals surface area (Å²) in [5.41, 5.74) is -0.671. The van der Waals surface area contributed by atoms with Crippen LogP contribution in [0, 0.1) is 11.3 Å². The summed E-state index contributed by atoms with van der Waals surface area (Å²) in [5, 5.41) is 0. The predicted octanol–water partition coefficient (Wildman–Crippen LogP) is 1.31. The van der Waals surface area contributed by atoms with Gasteiger partial charge in [-0.1, -0.05) is 13.3 Å². The third-order valence-corrected chi connectivity index (χ3v) is 3.14. The Bertz CT molecular complexity index is 259. The van der Waals surface area contributed by atoms with E-state index < -0.39 is 5.41 Å². The summed E-state index contributed by atoms with van der Waals surface area (Å²) in [6.07, 6.45) is 3.18. The molecule has 1 heterocycles. The van der Waals surface area contributed by atoms with E-state index in [9.17, 15) is 9.59 Å². The second-order valence-electron chi connectivity index (χ2n) is 4.00. The number of unbranched alkanes of at least 4 members (excludes halogenated alkanes) is 1. The summed E-state index contributed by atoms with van der Waals surface area (Å²) >= 11 is 0. The van der Waals surface area contributed by atoms with Crippen molar-refractivity contribution < 1.29 is 14.3 Å². The molecule has 2 atom stereocenters. The molecule has 13 heavy (non-hydrogen) atoms. The molecule has 0 N–H and O–H groups in total. The highest BCUT2D eigenvalue weighted by atomic mass is 16.5. The van der Waals surface area contributed by atoms with E-state index in [2.05, 4.69) is 0 Å². The Morgan fingerprint density at radius 3 is 2.92 bits per heavy atom. The Morgan fingerprint density at radius 1 is 1.69 bits per heavy atom. The molecule has 1 saturated heterocycles. The van der Waals surface area contributed by atoms with E-state index in [-0.39, 0.29) is 17.7 Å². The van der Waals surface area contributed by atoms with Crippen molar-refractivity contribution in [2.45, 2.75) is 32.6 Å². The van der Waals surface area contributed by atoms with Crippen molar-refractivity contribution in [1.82, 2.24) is 0 Å². The predicted molar refractivity (Wildman–Crippen MR) is 46.0 cm³/mol. The normalized spacial score (nSPS) is 35.5. The van der Waals surface area contributed by atoms with Crippen LogP contribution in [0.1, 0.15) is 32.6 Å². The first-order chi connectivity index (χ1) is 6.21.